The van der Waals surface area contributed by atoms with Crippen LogP contribution in [0.2, 0.25) is 0 Å². The molecule has 3 saturated heterocycles. The fourth-order valence-electron chi connectivity index (χ4n) is 9.49. The van der Waals surface area contributed by atoms with Gasteiger partial charge in [-0.25, -0.2) is 4.68 Å². The average Bonchev–Trinajstić information content (AvgIpc) is 3.72. The van der Waals surface area contributed by atoms with Crippen LogP contribution in [0.5, 0.6) is 0 Å². The van der Waals surface area contributed by atoms with Gasteiger partial charge in [0.2, 0.25) is 11.8 Å². The number of piperidine rings is 2. The quantitative estimate of drug-likeness (QED) is 0.0948. The number of aromatic nitrogens is 3. The Balaban J connectivity index is 1.05. The summed E-state index contributed by atoms with van der Waals surface area (Å²) in [4.78, 5) is 76.1. The molecule has 0 unspecified atom stereocenters. The number of amides is 2. The lowest BCUT2D eigenvalue weighted by Crippen LogP contribution is -2.55. The Hall–Kier alpha value is -5.60. The van der Waals surface area contributed by atoms with E-state index in [1.54, 1.807) is 16.8 Å². The highest BCUT2D eigenvalue weighted by Gasteiger charge is 2.34. The van der Waals surface area contributed by atoms with Crippen molar-refractivity contribution in [1.82, 2.24) is 33.9 Å². The maximum absolute atomic E-state index is 14.6. The van der Waals surface area contributed by atoms with Gasteiger partial charge in [-0.3, -0.25) is 33.4 Å². The Morgan fingerprint density at radius 2 is 1.48 bits per heavy atom. The zero-order valence-corrected chi connectivity index (χ0v) is 37.1. The third kappa shape index (κ3) is 11.3. The van der Waals surface area contributed by atoms with Crippen LogP contribution in [0.25, 0.3) is 21.8 Å². The fourth-order valence-corrected chi connectivity index (χ4v) is 9.49. The van der Waals surface area contributed by atoms with E-state index in [9.17, 15) is 24.0 Å². The van der Waals surface area contributed by atoms with Gasteiger partial charge < -0.3 is 24.2 Å². The first-order chi connectivity index (χ1) is 30.5. The van der Waals surface area contributed by atoms with Crippen molar-refractivity contribution in [3.8, 4) is 0 Å². The second kappa shape index (κ2) is 21.2. The number of para-hydroxylation sites is 1. The van der Waals surface area contributed by atoms with Crippen molar-refractivity contribution < 1.29 is 28.7 Å². The fraction of sp³-hybridized carbons (Fsp3) is 0.510. The van der Waals surface area contributed by atoms with Crippen molar-refractivity contribution >= 4 is 45.6 Å². The molecule has 4 aromatic rings. The van der Waals surface area contributed by atoms with E-state index in [0.29, 0.717) is 75.4 Å². The van der Waals surface area contributed by atoms with E-state index in [4.69, 9.17) is 9.47 Å². The number of likely N-dealkylation sites (tertiary alicyclic amines) is 2. The second-order valence-corrected chi connectivity index (χ2v) is 17.5. The van der Waals surface area contributed by atoms with Gasteiger partial charge in [0.15, 0.2) is 13.5 Å². The second-order valence-electron chi connectivity index (χ2n) is 17.5. The standard InChI is InChI=1S/C49H63N7O7/c1-5-7-13-45(58)62-33-55-32-40-29-36(27-35(3)47(40)50-55)28-39(48(60)54-25-23-52(24-26-54)41-17-19-51(4)20-18-41)31-44(57)53-21-15-37(16-22-53)42-30-38-11-9-10-12-43(38)56(49(42)61)34-63-46(59)14-8-6-2/h5-6,9-12,27,29-30,32,37,39,41H,1-2,7-8,13-26,28,31,33-34H2,3-4H3/t39-/m0/s1. The first kappa shape index (κ1) is 45.4. The van der Waals surface area contributed by atoms with Gasteiger partial charge in [0.05, 0.1) is 17.0 Å². The molecule has 0 N–H and O–H groups in total. The number of allylic oxidation sites excluding steroid dienone is 2. The number of hydrogen-bond acceptors (Lipinski definition) is 10. The number of rotatable bonds is 17. The van der Waals surface area contributed by atoms with Gasteiger partial charge in [0.25, 0.3) is 5.56 Å². The van der Waals surface area contributed by atoms with E-state index in [1.165, 1.54) is 4.57 Å². The molecule has 0 aliphatic carbocycles. The summed E-state index contributed by atoms with van der Waals surface area (Å²) in [5, 5.41) is 6.42. The predicted molar refractivity (Wildman–Crippen MR) is 243 cm³/mol. The number of benzene rings is 2. The molecule has 0 radical (unpaired) electrons. The van der Waals surface area contributed by atoms with E-state index >= 15 is 0 Å². The molecule has 3 fully saturated rings. The van der Waals surface area contributed by atoms with Gasteiger partial charge >= 0.3 is 11.9 Å². The molecule has 0 saturated carbocycles. The zero-order chi connectivity index (χ0) is 44.5. The van der Waals surface area contributed by atoms with Crippen LogP contribution in [0.4, 0.5) is 0 Å². The Morgan fingerprint density at radius 3 is 2.16 bits per heavy atom. The van der Waals surface area contributed by atoms with E-state index in [2.05, 4.69) is 35.1 Å². The van der Waals surface area contributed by atoms with Crippen LogP contribution in [0.1, 0.15) is 80.4 Å². The monoisotopic (exact) mass is 861 g/mol. The molecule has 1 atom stereocenters. The summed E-state index contributed by atoms with van der Waals surface area (Å²) in [6.45, 7) is 15.1. The Bertz CT molecular complexity index is 2350. The van der Waals surface area contributed by atoms with Crippen LogP contribution < -0.4 is 5.56 Å². The molecule has 0 bridgehead atoms. The lowest BCUT2D eigenvalue weighted by molar-refractivity contribution is -0.148. The van der Waals surface area contributed by atoms with Crippen molar-refractivity contribution in [3.63, 3.8) is 0 Å². The maximum Gasteiger partial charge on any atom is 0.307 e. The minimum absolute atomic E-state index is 0.00188. The van der Waals surface area contributed by atoms with Crippen LogP contribution in [-0.4, -0.2) is 123 Å². The number of nitrogens with zero attached hydrogens (tertiary/aromatic N) is 7. The molecular formula is C49H63N7O7. The van der Waals surface area contributed by atoms with E-state index in [0.717, 1.165) is 66.4 Å². The molecule has 336 valence electrons. The first-order valence-corrected chi connectivity index (χ1v) is 22.6. The van der Waals surface area contributed by atoms with Crippen molar-refractivity contribution in [1.29, 1.82) is 0 Å². The molecule has 14 nitrogen and oxygen atoms in total. The Morgan fingerprint density at radius 1 is 0.810 bits per heavy atom. The molecule has 2 amide bonds. The molecule has 5 heterocycles. The predicted octanol–water partition coefficient (Wildman–Crippen LogP) is 5.79. The van der Waals surface area contributed by atoms with Gasteiger partial charge in [-0.2, -0.15) is 5.10 Å². The summed E-state index contributed by atoms with van der Waals surface area (Å²) in [6, 6.07) is 14.1. The molecule has 7 rings (SSSR count). The van der Waals surface area contributed by atoms with Crippen molar-refractivity contribution in [3.05, 3.63) is 101 Å². The van der Waals surface area contributed by atoms with E-state index < -0.39 is 11.9 Å². The third-order valence-electron chi connectivity index (χ3n) is 13.1. The number of pyridine rings is 1. The third-order valence-corrected chi connectivity index (χ3v) is 13.1. The summed E-state index contributed by atoms with van der Waals surface area (Å²) in [6.07, 6.45) is 10.6. The zero-order valence-electron chi connectivity index (χ0n) is 37.1. The lowest BCUT2D eigenvalue weighted by Gasteiger charge is -2.43. The summed E-state index contributed by atoms with van der Waals surface area (Å²) in [5.74, 6) is -1.42. The molecule has 14 heteroatoms. The van der Waals surface area contributed by atoms with Crippen molar-refractivity contribution in [2.45, 2.75) is 96.6 Å². The molecule has 2 aromatic heterocycles. The van der Waals surface area contributed by atoms with Gasteiger partial charge in [0.1, 0.15) is 0 Å². The molecule has 63 heavy (non-hydrogen) atoms. The Labute approximate surface area is 370 Å². The molecule has 3 aliphatic rings. The number of hydrogen-bond donors (Lipinski definition) is 0. The van der Waals surface area contributed by atoms with Crippen LogP contribution in [-0.2, 0) is 48.5 Å². The van der Waals surface area contributed by atoms with Crippen LogP contribution >= 0.6 is 0 Å². The smallest absolute Gasteiger partial charge is 0.307 e. The number of carbonyl (C=O) groups is 4. The minimum Gasteiger partial charge on any atom is -0.444 e. The van der Waals surface area contributed by atoms with E-state index in [-0.39, 0.29) is 62.0 Å². The SMILES string of the molecule is C=CCCC(=O)OCn1cc2cc(C[C@@H](CC(=O)N3CCC(c4cc5ccccc5n(COC(=O)CCC=C)c4=O)CC3)C(=O)N3CCN(C4CCN(C)CC4)CC3)cc(C)c2n1. The number of esters is 2. The van der Waals surface area contributed by atoms with Gasteiger partial charge in [-0.1, -0.05) is 36.4 Å². The topological polar surface area (TPSA) is 140 Å². The number of fused-ring (bicyclic) bond motifs is 2. The number of piperazine rings is 1. The van der Waals surface area contributed by atoms with Crippen molar-refractivity contribution in [2.24, 2.45) is 5.92 Å². The number of ether oxygens (including phenoxy) is 2. The van der Waals surface area contributed by atoms with Crippen LogP contribution in [0.15, 0.2) is 78.8 Å². The number of aryl methyl sites for hydroxylation is 1. The van der Waals surface area contributed by atoms with Crippen LogP contribution in [0, 0.1) is 12.8 Å². The van der Waals surface area contributed by atoms with Crippen molar-refractivity contribution in [2.75, 3.05) is 59.4 Å². The van der Waals surface area contributed by atoms with Crippen LogP contribution in [0.3, 0.4) is 0 Å². The largest absolute Gasteiger partial charge is 0.444 e. The molecule has 0 spiro atoms. The molecule has 2 aromatic carbocycles. The summed E-state index contributed by atoms with van der Waals surface area (Å²) >= 11 is 0. The maximum atomic E-state index is 14.6. The van der Waals surface area contributed by atoms with Gasteiger partial charge in [-0.15, -0.1) is 13.2 Å². The normalized spacial score (nSPS) is 17.5. The van der Waals surface area contributed by atoms with Gasteiger partial charge in [-0.05, 0) is 113 Å². The summed E-state index contributed by atoms with van der Waals surface area (Å²) in [7, 11) is 2.17. The Kier molecular flexibility index (Phi) is 15.3. The highest BCUT2D eigenvalue weighted by atomic mass is 16.5. The molecule has 3 aliphatic heterocycles. The highest BCUT2D eigenvalue weighted by Crippen LogP contribution is 2.30. The number of carbonyl (C=O) groups excluding carboxylic acids is 4. The summed E-state index contributed by atoms with van der Waals surface area (Å²) in [5.41, 5.74) is 3.81. The van der Waals surface area contributed by atoms with Gasteiger partial charge in [0, 0.05) is 81.7 Å². The summed E-state index contributed by atoms with van der Waals surface area (Å²) < 4.78 is 14.1. The minimum atomic E-state index is -0.565. The molecular weight excluding hydrogens is 799 g/mol. The average molecular weight is 862 g/mol. The first-order valence-electron chi connectivity index (χ1n) is 22.6. The van der Waals surface area contributed by atoms with E-state index in [1.807, 2.05) is 65.4 Å². The highest BCUT2D eigenvalue weighted by molar-refractivity contribution is 5.87. The lowest BCUT2D eigenvalue weighted by atomic mass is 9.88.